The highest BCUT2D eigenvalue weighted by molar-refractivity contribution is 14.1. The first-order chi connectivity index (χ1) is 5.11. The highest BCUT2D eigenvalue weighted by atomic mass is 127. The van der Waals surface area contributed by atoms with Gasteiger partial charge in [-0.25, -0.2) is 0 Å². The summed E-state index contributed by atoms with van der Waals surface area (Å²) in [5, 5.41) is 9.85. The van der Waals surface area contributed by atoms with Gasteiger partial charge in [0.2, 0.25) is 0 Å². The Kier molecular flexibility index (Phi) is 4.30. The lowest BCUT2D eigenvalue weighted by atomic mass is 10.6. The van der Waals surface area contributed by atoms with E-state index < -0.39 is 12.0 Å². The Morgan fingerprint density at radius 1 is 1.36 bits per heavy atom. The Labute approximate surface area is 73.7 Å². The van der Waals surface area contributed by atoms with Crippen LogP contribution in [0.5, 0.6) is 0 Å². The topological polar surface area (TPSA) is 54.5 Å². The van der Waals surface area contributed by atoms with Crippen molar-refractivity contribution in [2.24, 2.45) is 0 Å². The van der Waals surface area contributed by atoms with Gasteiger partial charge in [0.1, 0.15) is 0 Å². The van der Waals surface area contributed by atoms with Crippen molar-refractivity contribution in [3.05, 3.63) is 5.82 Å². The zero-order valence-corrected chi connectivity index (χ0v) is 7.51. The summed E-state index contributed by atoms with van der Waals surface area (Å²) in [6, 6.07) is 0. The number of hydrogen-bond donors (Lipinski definition) is 1. The van der Waals surface area contributed by atoms with Crippen LogP contribution in [-0.2, 0) is 6.18 Å². The van der Waals surface area contributed by atoms with Crippen LogP contribution in [0.4, 0.5) is 13.2 Å². The molecule has 0 fully saturated rings. The lowest BCUT2D eigenvalue weighted by molar-refractivity contribution is -0.144. The summed E-state index contributed by atoms with van der Waals surface area (Å²) in [4.78, 5) is 1.97. The van der Waals surface area contributed by atoms with Crippen LogP contribution in [0.1, 0.15) is 5.82 Å². The minimum Gasteiger partial charge on any atom is -0.177 e. The van der Waals surface area contributed by atoms with Crippen LogP contribution in [0.25, 0.3) is 0 Å². The van der Waals surface area contributed by atoms with E-state index in [0.29, 0.717) is 0 Å². The molecule has 1 rings (SSSR count). The van der Waals surface area contributed by atoms with Gasteiger partial charge in [0.25, 0.3) is 5.82 Å². The molecule has 1 aromatic rings. The van der Waals surface area contributed by atoms with Crippen LogP contribution in [0, 0.1) is 0 Å². The number of aromatic amines is 1. The largest absolute Gasteiger partial charge is 0.455 e. The van der Waals surface area contributed by atoms with Gasteiger partial charge in [-0.3, -0.25) is 0 Å². The Hall–Kier alpha value is -0.410. The maximum Gasteiger partial charge on any atom is 0.455 e. The van der Waals surface area contributed by atoms with Gasteiger partial charge in [-0.1, -0.05) is 22.6 Å². The van der Waals surface area contributed by atoms with Gasteiger partial charge >= 0.3 is 6.18 Å². The molecule has 4 nitrogen and oxygen atoms in total. The molecule has 0 unspecified atom stereocenters. The maximum atomic E-state index is 11.4. The molecule has 11 heavy (non-hydrogen) atoms. The summed E-state index contributed by atoms with van der Waals surface area (Å²) < 4.78 is 34.3. The molecule has 0 bridgehead atoms. The zero-order valence-electron chi connectivity index (χ0n) is 5.35. The fraction of sp³-hybridized carbons (Fsp3) is 0.667. The Balaban J connectivity index is 0.000000461. The molecule has 0 aliphatic carbocycles. The molecule has 0 aliphatic heterocycles. The third-order valence-corrected chi connectivity index (χ3v) is 0.599. The summed E-state index contributed by atoms with van der Waals surface area (Å²) in [5.74, 6) is -1.25. The van der Waals surface area contributed by atoms with Gasteiger partial charge in [-0.05, 0) is 10.1 Å². The van der Waals surface area contributed by atoms with Crippen molar-refractivity contribution in [2.45, 2.75) is 6.18 Å². The standard InChI is InChI=1S/C2HF3N4.CH3I/c3-2(4,5)1-6-8-9-7-1;1-2/h(H,6,7,8,9);1H3. The van der Waals surface area contributed by atoms with E-state index in [0.717, 1.165) is 0 Å². The van der Waals surface area contributed by atoms with Crippen molar-refractivity contribution in [2.75, 3.05) is 4.93 Å². The molecular formula is C3H4F3IN4. The van der Waals surface area contributed by atoms with Crippen LogP contribution >= 0.6 is 22.6 Å². The van der Waals surface area contributed by atoms with Gasteiger partial charge in [0.15, 0.2) is 0 Å². The van der Waals surface area contributed by atoms with Crippen molar-refractivity contribution < 1.29 is 13.2 Å². The van der Waals surface area contributed by atoms with E-state index in [2.05, 4.69) is 38.0 Å². The smallest absolute Gasteiger partial charge is 0.177 e. The molecule has 0 saturated carbocycles. The number of aromatic nitrogens is 4. The van der Waals surface area contributed by atoms with E-state index in [1.165, 1.54) is 0 Å². The van der Waals surface area contributed by atoms with E-state index >= 15 is 0 Å². The number of alkyl halides is 4. The number of hydrogen-bond acceptors (Lipinski definition) is 3. The average molecular weight is 280 g/mol. The second kappa shape index (κ2) is 4.46. The van der Waals surface area contributed by atoms with Crippen molar-refractivity contribution in [1.29, 1.82) is 0 Å². The van der Waals surface area contributed by atoms with Crippen molar-refractivity contribution >= 4 is 22.6 Å². The van der Waals surface area contributed by atoms with Crippen LogP contribution in [0.2, 0.25) is 0 Å². The van der Waals surface area contributed by atoms with Crippen molar-refractivity contribution in [1.82, 2.24) is 20.6 Å². The number of halogens is 4. The first-order valence-corrected chi connectivity index (χ1v) is 4.45. The molecule has 0 amide bonds. The van der Waals surface area contributed by atoms with E-state index in [1.807, 2.05) is 4.93 Å². The molecule has 0 radical (unpaired) electrons. The van der Waals surface area contributed by atoms with Gasteiger partial charge in [-0.2, -0.15) is 18.4 Å². The molecule has 0 atom stereocenters. The minimum atomic E-state index is -4.49. The molecule has 8 heteroatoms. The Morgan fingerprint density at radius 3 is 2.09 bits per heavy atom. The van der Waals surface area contributed by atoms with E-state index in [1.54, 1.807) is 5.21 Å². The van der Waals surface area contributed by atoms with E-state index in [9.17, 15) is 13.2 Å². The molecule has 0 spiro atoms. The highest BCUT2D eigenvalue weighted by Crippen LogP contribution is 2.24. The van der Waals surface area contributed by atoms with Gasteiger partial charge < -0.3 is 0 Å². The highest BCUT2D eigenvalue weighted by Gasteiger charge is 2.35. The fourth-order valence-corrected chi connectivity index (χ4v) is 0.282. The third kappa shape index (κ3) is 3.49. The zero-order chi connectivity index (χ0) is 8.91. The van der Waals surface area contributed by atoms with Crippen molar-refractivity contribution in [3.63, 3.8) is 0 Å². The first kappa shape index (κ1) is 10.6. The van der Waals surface area contributed by atoms with Crippen LogP contribution in [-0.4, -0.2) is 25.6 Å². The molecule has 64 valence electrons. The molecule has 1 N–H and O–H groups in total. The summed E-state index contributed by atoms with van der Waals surface area (Å²) in [5.41, 5.74) is 0. The van der Waals surface area contributed by atoms with Gasteiger partial charge in [0, 0.05) is 0 Å². The van der Waals surface area contributed by atoms with Crippen LogP contribution in [0.15, 0.2) is 0 Å². The summed E-state index contributed by atoms with van der Waals surface area (Å²) in [6.45, 7) is 0. The predicted molar refractivity (Wildman–Crippen MR) is 39.1 cm³/mol. The molecule has 1 heterocycles. The number of nitrogens with one attached hydrogen (secondary N) is 1. The Morgan fingerprint density at radius 2 is 1.91 bits per heavy atom. The summed E-state index contributed by atoms with van der Waals surface area (Å²) in [6.07, 6.45) is -4.49. The van der Waals surface area contributed by atoms with E-state index in [4.69, 9.17) is 0 Å². The Bertz CT molecular complexity index is 183. The number of H-pyrrole nitrogens is 1. The second-order valence-corrected chi connectivity index (χ2v) is 1.23. The van der Waals surface area contributed by atoms with Gasteiger partial charge in [0.05, 0.1) is 0 Å². The fourth-order valence-electron chi connectivity index (χ4n) is 0.282. The number of nitrogens with zero attached hydrogens (tertiary/aromatic N) is 3. The monoisotopic (exact) mass is 280 g/mol. The summed E-state index contributed by atoms with van der Waals surface area (Å²) >= 11 is 2.15. The number of tetrazole rings is 1. The molecule has 0 aromatic carbocycles. The van der Waals surface area contributed by atoms with Crippen LogP contribution < -0.4 is 0 Å². The SMILES string of the molecule is CI.FC(F)(F)c1nn[nH]n1. The van der Waals surface area contributed by atoms with Crippen LogP contribution in [0.3, 0.4) is 0 Å². The lowest BCUT2D eigenvalue weighted by Gasteiger charge is -1.95. The minimum absolute atomic E-state index is 1.25. The van der Waals surface area contributed by atoms with Gasteiger partial charge in [-0.15, -0.1) is 10.2 Å². The number of rotatable bonds is 0. The second-order valence-electron chi connectivity index (χ2n) is 1.23. The summed E-state index contributed by atoms with van der Waals surface area (Å²) in [7, 11) is 0. The molecule has 0 saturated heterocycles. The average Bonchev–Trinajstić information content (AvgIpc) is 2.40. The predicted octanol–water partition coefficient (Wildman–Crippen LogP) is 1.27. The first-order valence-electron chi connectivity index (χ1n) is 2.29. The third-order valence-electron chi connectivity index (χ3n) is 0.599. The maximum absolute atomic E-state index is 11.4. The van der Waals surface area contributed by atoms with Crippen molar-refractivity contribution in [3.8, 4) is 0 Å². The molecular weight excluding hydrogens is 276 g/mol. The lowest BCUT2D eigenvalue weighted by Crippen LogP contribution is -2.07. The quantitative estimate of drug-likeness (QED) is 0.575. The normalized spacial score (nSPS) is 10.3. The molecule has 0 aliphatic rings. The molecule has 1 aromatic heterocycles. The van der Waals surface area contributed by atoms with E-state index in [-0.39, 0.29) is 0 Å².